The van der Waals surface area contributed by atoms with E-state index >= 15 is 0 Å². The maximum absolute atomic E-state index is 13.3. The number of thioether (sulfide) groups is 1. The Bertz CT molecular complexity index is 1110. The van der Waals surface area contributed by atoms with E-state index in [2.05, 4.69) is 24.9 Å². The monoisotopic (exact) mass is 442 g/mol. The molecule has 2 atom stereocenters. The highest BCUT2D eigenvalue weighted by Crippen LogP contribution is 2.39. The number of nitrogens with one attached hydrogen (secondary N) is 1. The lowest BCUT2D eigenvalue weighted by molar-refractivity contribution is -0.119. The second-order valence-corrected chi connectivity index (χ2v) is 10.6. The van der Waals surface area contributed by atoms with Gasteiger partial charge >= 0.3 is 0 Å². The molecule has 2 heterocycles. The van der Waals surface area contributed by atoms with Crippen LogP contribution in [0.5, 0.6) is 0 Å². The van der Waals surface area contributed by atoms with E-state index in [1.807, 2.05) is 0 Å². The van der Waals surface area contributed by atoms with Crippen molar-refractivity contribution < 1.29 is 4.79 Å². The van der Waals surface area contributed by atoms with Crippen LogP contribution in [-0.2, 0) is 24.2 Å². The molecule has 30 heavy (non-hydrogen) atoms. The number of amides is 1. The summed E-state index contributed by atoms with van der Waals surface area (Å²) in [5.74, 6) is 0.750. The Kier molecular flexibility index (Phi) is 5.78. The summed E-state index contributed by atoms with van der Waals surface area (Å²) in [5.41, 5.74) is 0.292. The largest absolute Gasteiger partial charge is 0.337 e. The number of rotatable bonds is 7. The van der Waals surface area contributed by atoms with E-state index < -0.39 is 5.54 Å². The zero-order valence-electron chi connectivity index (χ0n) is 17.4. The van der Waals surface area contributed by atoms with Crippen LogP contribution in [0, 0.1) is 23.2 Å². The standard InChI is InChI=1S/C22H26N4O2S2/c1-4-9-26-20(28)18-15-8-5-13(2)10-16(15)30-19(18)24-21(26)29-11-17(27)25-22(3,12-23)14-6-7-14/h4,13-14H,1,5-11H2,2-3H3,(H,25,27). The van der Waals surface area contributed by atoms with Crippen LogP contribution in [0.25, 0.3) is 10.2 Å². The predicted molar refractivity (Wildman–Crippen MR) is 121 cm³/mol. The van der Waals surface area contributed by atoms with Crippen LogP contribution in [0.1, 0.15) is 43.6 Å². The molecule has 0 spiro atoms. The van der Waals surface area contributed by atoms with Crippen LogP contribution < -0.4 is 10.9 Å². The molecule has 6 nitrogen and oxygen atoms in total. The molecule has 2 aliphatic carbocycles. The number of aryl methyl sites for hydroxylation is 1. The topological polar surface area (TPSA) is 87.8 Å². The first kappa shape index (κ1) is 21.1. The van der Waals surface area contributed by atoms with Gasteiger partial charge in [0.1, 0.15) is 10.4 Å². The minimum Gasteiger partial charge on any atom is -0.337 e. The van der Waals surface area contributed by atoms with Crippen molar-refractivity contribution in [1.29, 1.82) is 5.26 Å². The fourth-order valence-electron chi connectivity index (χ4n) is 4.14. The van der Waals surface area contributed by atoms with Gasteiger partial charge in [0.25, 0.3) is 5.56 Å². The third kappa shape index (κ3) is 3.93. The van der Waals surface area contributed by atoms with Crippen LogP contribution in [-0.4, -0.2) is 26.8 Å². The van der Waals surface area contributed by atoms with Crippen molar-refractivity contribution in [3.63, 3.8) is 0 Å². The van der Waals surface area contributed by atoms with Gasteiger partial charge in [-0.3, -0.25) is 14.2 Å². The molecule has 158 valence electrons. The average molecular weight is 443 g/mol. The van der Waals surface area contributed by atoms with E-state index in [9.17, 15) is 14.9 Å². The van der Waals surface area contributed by atoms with E-state index in [0.717, 1.165) is 47.9 Å². The van der Waals surface area contributed by atoms with Crippen LogP contribution >= 0.6 is 23.1 Å². The quantitative estimate of drug-likeness (QED) is 0.402. The number of carbonyl (C=O) groups excluding carboxylic acids is 1. The van der Waals surface area contributed by atoms with Crippen molar-refractivity contribution in [2.45, 2.75) is 63.2 Å². The van der Waals surface area contributed by atoms with E-state index in [1.165, 1.54) is 16.6 Å². The second-order valence-electron chi connectivity index (χ2n) is 8.56. The van der Waals surface area contributed by atoms with E-state index in [0.29, 0.717) is 17.6 Å². The average Bonchev–Trinajstić information content (AvgIpc) is 3.51. The number of nitriles is 1. The Morgan fingerprint density at radius 2 is 2.27 bits per heavy atom. The Morgan fingerprint density at radius 3 is 2.93 bits per heavy atom. The minimum atomic E-state index is -0.820. The highest BCUT2D eigenvalue weighted by atomic mass is 32.2. The van der Waals surface area contributed by atoms with Gasteiger partial charge in [0.15, 0.2) is 5.16 Å². The fourth-order valence-corrected chi connectivity index (χ4v) is 6.38. The minimum absolute atomic E-state index is 0.0466. The zero-order chi connectivity index (χ0) is 21.5. The third-order valence-corrected chi connectivity index (χ3v) is 8.17. The van der Waals surface area contributed by atoms with E-state index in [1.54, 1.807) is 28.9 Å². The molecule has 0 bridgehead atoms. The molecular formula is C22H26N4O2S2. The Labute approximate surface area is 184 Å². The summed E-state index contributed by atoms with van der Waals surface area (Å²) in [6, 6.07) is 2.24. The first-order valence-corrected chi connectivity index (χ1v) is 12.2. The second kappa shape index (κ2) is 8.20. The predicted octanol–water partition coefficient (Wildman–Crippen LogP) is 3.67. The molecule has 8 heteroatoms. The number of hydrogen-bond donors (Lipinski definition) is 1. The number of fused-ring (bicyclic) bond motifs is 3. The van der Waals surface area contributed by atoms with Crippen molar-refractivity contribution in [3.05, 3.63) is 33.4 Å². The lowest BCUT2D eigenvalue weighted by atomic mass is 9.89. The van der Waals surface area contributed by atoms with Crippen LogP contribution in [0.15, 0.2) is 22.6 Å². The summed E-state index contributed by atoms with van der Waals surface area (Å²) in [6.07, 6.45) is 6.63. The summed E-state index contributed by atoms with van der Waals surface area (Å²) in [5, 5.41) is 13.6. The van der Waals surface area contributed by atoms with Gasteiger partial charge in [0, 0.05) is 11.4 Å². The van der Waals surface area contributed by atoms with Gasteiger partial charge in [-0.25, -0.2) is 4.98 Å². The molecule has 4 rings (SSSR count). The molecule has 0 radical (unpaired) electrons. The van der Waals surface area contributed by atoms with Gasteiger partial charge in [-0.2, -0.15) is 5.26 Å². The zero-order valence-corrected chi connectivity index (χ0v) is 19.0. The Hall–Kier alpha value is -2.11. The number of hydrogen-bond acceptors (Lipinski definition) is 6. The Balaban J connectivity index is 1.61. The summed E-state index contributed by atoms with van der Waals surface area (Å²) in [4.78, 5) is 32.6. The van der Waals surface area contributed by atoms with Crippen LogP contribution in [0.2, 0.25) is 0 Å². The Morgan fingerprint density at radius 1 is 1.50 bits per heavy atom. The molecule has 2 unspecified atom stereocenters. The summed E-state index contributed by atoms with van der Waals surface area (Å²) >= 11 is 2.85. The van der Waals surface area contributed by atoms with Gasteiger partial charge in [-0.05, 0) is 56.4 Å². The molecule has 2 aromatic heterocycles. The van der Waals surface area contributed by atoms with Crippen molar-refractivity contribution in [2.24, 2.45) is 11.8 Å². The van der Waals surface area contributed by atoms with Crippen LogP contribution in [0.4, 0.5) is 0 Å². The summed E-state index contributed by atoms with van der Waals surface area (Å²) in [6.45, 7) is 8.15. The molecule has 1 saturated carbocycles. The first-order valence-electron chi connectivity index (χ1n) is 10.4. The maximum Gasteiger partial charge on any atom is 0.263 e. The number of carbonyl (C=O) groups is 1. The normalized spacial score (nSPS) is 20.2. The van der Waals surface area contributed by atoms with E-state index in [4.69, 9.17) is 4.98 Å². The molecule has 1 fully saturated rings. The van der Waals surface area contributed by atoms with Crippen molar-refractivity contribution in [2.75, 3.05) is 5.75 Å². The van der Waals surface area contributed by atoms with Gasteiger partial charge < -0.3 is 5.32 Å². The summed E-state index contributed by atoms with van der Waals surface area (Å²) < 4.78 is 1.61. The van der Waals surface area contributed by atoms with Gasteiger partial charge in [-0.1, -0.05) is 24.8 Å². The number of thiophene rings is 1. The molecule has 0 aliphatic heterocycles. The molecular weight excluding hydrogens is 416 g/mol. The lowest BCUT2D eigenvalue weighted by Gasteiger charge is -2.22. The number of nitrogens with zero attached hydrogens (tertiary/aromatic N) is 3. The third-order valence-electron chi connectivity index (χ3n) is 6.05. The molecule has 0 aromatic carbocycles. The highest BCUT2D eigenvalue weighted by Gasteiger charge is 2.43. The molecule has 1 N–H and O–H groups in total. The number of aromatic nitrogens is 2. The fraction of sp³-hybridized carbons (Fsp3) is 0.545. The van der Waals surface area contributed by atoms with Crippen molar-refractivity contribution >= 4 is 39.2 Å². The molecule has 0 saturated heterocycles. The maximum atomic E-state index is 13.3. The number of allylic oxidation sites excluding steroid dienone is 1. The lowest BCUT2D eigenvalue weighted by Crippen LogP contribution is -2.47. The summed E-state index contributed by atoms with van der Waals surface area (Å²) in [7, 11) is 0. The van der Waals surface area contributed by atoms with Crippen LogP contribution in [0.3, 0.4) is 0 Å². The SMILES string of the molecule is C=CCn1c(SCC(=O)NC(C)(C#N)C2CC2)nc2sc3c(c2c1=O)CCC(C)C3. The van der Waals surface area contributed by atoms with Gasteiger partial charge in [0.05, 0.1) is 17.2 Å². The smallest absolute Gasteiger partial charge is 0.263 e. The van der Waals surface area contributed by atoms with Gasteiger partial charge in [-0.15, -0.1) is 17.9 Å². The highest BCUT2D eigenvalue weighted by molar-refractivity contribution is 7.99. The van der Waals surface area contributed by atoms with Crippen molar-refractivity contribution in [1.82, 2.24) is 14.9 Å². The van der Waals surface area contributed by atoms with Crippen molar-refractivity contribution in [3.8, 4) is 6.07 Å². The molecule has 1 amide bonds. The molecule has 2 aliphatic rings. The molecule has 2 aromatic rings. The van der Waals surface area contributed by atoms with E-state index in [-0.39, 0.29) is 23.1 Å². The first-order chi connectivity index (χ1) is 14.4. The van der Waals surface area contributed by atoms with Gasteiger partial charge in [0.2, 0.25) is 5.91 Å².